The van der Waals surface area contributed by atoms with Gasteiger partial charge in [-0.05, 0) is 25.7 Å². The lowest BCUT2D eigenvalue weighted by Gasteiger charge is -2.07. The quantitative estimate of drug-likeness (QED) is 0.163. The number of hydrogen-bond donors (Lipinski definition) is 2. The van der Waals surface area contributed by atoms with Crippen LogP contribution >= 0.6 is 0 Å². The van der Waals surface area contributed by atoms with Gasteiger partial charge in [-0.3, -0.25) is 19.2 Å². The number of aliphatic carboxylic acids is 2. The van der Waals surface area contributed by atoms with Crippen molar-refractivity contribution in [2.24, 2.45) is 0 Å². The topological polar surface area (TPSA) is 161 Å². The molecule has 0 saturated carbocycles. The second-order valence-corrected chi connectivity index (χ2v) is 6.91. The van der Waals surface area contributed by atoms with E-state index in [1.807, 2.05) is 13.8 Å². The number of carbonyl (C=O) groups is 6. The monoisotopic (exact) mass is 454 g/mol. The fraction of sp³-hybridized carbons (Fsp3) is 0.545. The van der Waals surface area contributed by atoms with Gasteiger partial charge in [-0.2, -0.15) is 0 Å². The van der Waals surface area contributed by atoms with Crippen molar-refractivity contribution in [3.8, 4) is 0 Å². The predicted octanol–water partition coefficient (Wildman–Crippen LogP) is 3.09. The van der Waals surface area contributed by atoms with Crippen LogP contribution in [0.2, 0.25) is 0 Å². The predicted molar refractivity (Wildman–Crippen MR) is 111 cm³/mol. The number of esters is 4. The van der Waals surface area contributed by atoms with E-state index in [1.165, 1.54) is 12.2 Å². The van der Waals surface area contributed by atoms with Gasteiger partial charge in [-0.15, -0.1) is 0 Å². The van der Waals surface area contributed by atoms with Crippen LogP contribution in [0.25, 0.3) is 0 Å². The van der Waals surface area contributed by atoms with Crippen molar-refractivity contribution in [1.29, 1.82) is 0 Å². The van der Waals surface area contributed by atoms with E-state index in [9.17, 15) is 28.8 Å². The minimum Gasteiger partial charge on any atom is -0.481 e. The molecule has 0 bridgehead atoms. The van der Waals surface area contributed by atoms with Crippen molar-refractivity contribution >= 4 is 35.8 Å². The highest BCUT2D eigenvalue weighted by molar-refractivity contribution is 5.99. The highest BCUT2D eigenvalue weighted by atomic mass is 16.6. The highest BCUT2D eigenvalue weighted by Crippen LogP contribution is 2.11. The molecule has 0 spiro atoms. The summed E-state index contributed by atoms with van der Waals surface area (Å²) >= 11 is 0. The third-order valence-corrected chi connectivity index (χ3v) is 3.99. The molecule has 0 aromatic carbocycles. The molecule has 0 amide bonds. The molecule has 178 valence electrons. The van der Waals surface area contributed by atoms with Crippen molar-refractivity contribution in [3.63, 3.8) is 0 Å². The molecule has 10 nitrogen and oxygen atoms in total. The average molecular weight is 454 g/mol. The van der Waals surface area contributed by atoms with Crippen molar-refractivity contribution in [3.05, 3.63) is 23.3 Å². The van der Waals surface area contributed by atoms with Gasteiger partial charge in [0.1, 0.15) is 0 Å². The Morgan fingerprint density at radius 1 is 0.656 bits per heavy atom. The lowest BCUT2D eigenvalue weighted by Crippen LogP contribution is -2.17. The Bertz CT molecular complexity index is 697. The molecular weight excluding hydrogens is 424 g/mol. The maximum Gasteiger partial charge on any atom is 0.341 e. The summed E-state index contributed by atoms with van der Waals surface area (Å²) in [7, 11) is 0. The maximum atomic E-state index is 11.9. The zero-order chi connectivity index (χ0) is 24.5. The van der Waals surface area contributed by atoms with Crippen LogP contribution in [-0.2, 0) is 38.2 Å². The second-order valence-electron chi connectivity index (χ2n) is 6.91. The lowest BCUT2D eigenvalue weighted by molar-refractivity contribution is -0.160. The Morgan fingerprint density at radius 2 is 1.00 bits per heavy atom. The number of hydrogen-bond acceptors (Lipinski definition) is 8. The van der Waals surface area contributed by atoms with Crippen LogP contribution in [0, 0.1) is 0 Å². The Morgan fingerprint density at radius 3 is 1.28 bits per heavy atom. The summed E-state index contributed by atoms with van der Waals surface area (Å²) in [5.74, 6) is -6.19. The van der Waals surface area contributed by atoms with Gasteiger partial charge in [0.05, 0.1) is 12.8 Å². The lowest BCUT2D eigenvalue weighted by atomic mass is 10.1. The van der Waals surface area contributed by atoms with Crippen LogP contribution in [0.4, 0.5) is 0 Å². The molecule has 10 heteroatoms. The second kappa shape index (κ2) is 16.4. The van der Waals surface area contributed by atoms with Crippen LogP contribution in [0.5, 0.6) is 0 Å². The average Bonchev–Trinajstić information content (AvgIpc) is 2.70. The number of carboxylic acid groups (broad SMARTS) is 2. The summed E-state index contributed by atoms with van der Waals surface area (Å²) in [6.45, 7) is 3.69. The molecular formula is C22H30O10. The molecule has 0 rings (SSSR count). The van der Waals surface area contributed by atoms with Gasteiger partial charge in [-0.1, -0.05) is 38.8 Å². The first kappa shape index (κ1) is 28.7. The van der Waals surface area contributed by atoms with Crippen molar-refractivity contribution in [1.82, 2.24) is 0 Å². The van der Waals surface area contributed by atoms with E-state index >= 15 is 0 Å². The first-order valence-corrected chi connectivity index (χ1v) is 10.4. The molecule has 2 N–H and O–H groups in total. The summed E-state index contributed by atoms with van der Waals surface area (Å²) in [5.41, 5.74) is -0.217. The van der Waals surface area contributed by atoms with Gasteiger partial charge >= 0.3 is 35.8 Å². The van der Waals surface area contributed by atoms with Gasteiger partial charge in [0.2, 0.25) is 0 Å². The van der Waals surface area contributed by atoms with E-state index < -0.39 is 48.7 Å². The molecule has 0 aliphatic heterocycles. The van der Waals surface area contributed by atoms with E-state index in [0.29, 0.717) is 25.7 Å². The Labute approximate surface area is 186 Å². The minimum atomic E-state index is -1.22. The highest BCUT2D eigenvalue weighted by Gasteiger charge is 2.20. The van der Waals surface area contributed by atoms with Crippen LogP contribution < -0.4 is 0 Å². The number of rotatable bonds is 15. The summed E-state index contributed by atoms with van der Waals surface area (Å²) in [6, 6.07) is 0. The Balaban J connectivity index is 4.47. The molecule has 0 radical (unpaired) electrons. The maximum absolute atomic E-state index is 11.9. The number of ether oxygens (including phenoxy) is 2. The molecule has 0 aromatic heterocycles. The van der Waals surface area contributed by atoms with Crippen LogP contribution in [0.1, 0.15) is 78.1 Å². The fourth-order valence-electron chi connectivity index (χ4n) is 2.40. The molecule has 0 aliphatic carbocycles. The smallest absolute Gasteiger partial charge is 0.341 e. The summed E-state index contributed by atoms with van der Waals surface area (Å²) in [5, 5.41) is 17.7. The normalized spacial score (nSPS) is 11.6. The molecule has 32 heavy (non-hydrogen) atoms. The van der Waals surface area contributed by atoms with E-state index in [0.717, 1.165) is 0 Å². The molecule has 0 aliphatic rings. The van der Waals surface area contributed by atoms with Crippen LogP contribution in [0.3, 0.4) is 0 Å². The van der Waals surface area contributed by atoms with E-state index in [1.54, 1.807) is 0 Å². The summed E-state index contributed by atoms with van der Waals surface area (Å²) in [4.78, 5) is 69.1. The van der Waals surface area contributed by atoms with Gasteiger partial charge in [-0.25, -0.2) is 9.59 Å². The molecule has 0 atom stereocenters. The fourth-order valence-corrected chi connectivity index (χ4v) is 2.40. The number of carboxylic acids is 2. The van der Waals surface area contributed by atoms with E-state index in [4.69, 9.17) is 10.2 Å². The van der Waals surface area contributed by atoms with Crippen LogP contribution in [0.15, 0.2) is 23.3 Å². The zero-order valence-corrected chi connectivity index (χ0v) is 18.4. The van der Waals surface area contributed by atoms with E-state index in [-0.39, 0.29) is 36.8 Å². The zero-order valence-electron chi connectivity index (χ0n) is 18.4. The summed E-state index contributed by atoms with van der Waals surface area (Å²) in [6.07, 6.45) is 3.99. The molecule has 0 fully saturated rings. The SMILES string of the molecule is CCCC=C(CC(=O)O)C(=O)OC(=O)CCCCC(=O)OC(=O)C(=CCCC)CC(=O)O. The van der Waals surface area contributed by atoms with Gasteiger partial charge in [0.25, 0.3) is 0 Å². The molecule has 0 saturated heterocycles. The summed E-state index contributed by atoms with van der Waals surface area (Å²) < 4.78 is 9.29. The molecule has 0 aromatic rings. The van der Waals surface area contributed by atoms with Crippen molar-refractivity contribution < 1.29 is 48.5 Å². The standard InChI is InChI=1S/C22H30O10/c1-3-5-9-15(13-17(23)24)21(29)31-19(27)11-7-8-12-20(28)32-22(30)16(10-6-4-2)14-18(25)26/h9-10H,3-8,11-14H2,1-2H3,(H,23,24)(H,25,26). The van der Waals surface area contributed by atoms with Crippen molar-refractivity contribution in [2.45, 2.75) is 78.1 Å². The molecule has 0 heterocycles. The van der Waals surface area contributed by atoms with Crippen molar-refractivity contribution in [2.75, 3.05) is 0 Å². The Kier molecular flexibility index (Phi) is 14.7. The van der Waals surface area contributed by atoms with Crippen LogP contribution in [-0.4, -0.2) is 46.0 Å². The number of carbonyl (C=O) groups excluding carboxylic acids is 4. The minimum absolute atomic E-state index is 0.108. The largest absolute Gasteiger partial charge is 0.481 e. The third kappa shape index (κ3) is 13.8. The first-order valence-electron chi connectivity index (χ1n) is 10.4. The van der Waals surface area contributed by atoms with Gasteiger partial charge in [0, 0.05) is 24.0 Å². The van der Waals surface area contributed by atoms with Gasteiger partial charge < -0.3 is 19.7 Å². The van der Waals surface area contributed by atoms with E-state index in [2.05, 4.69) is 9.47 Å². The number of allylic oxidation sites excluding steroid dienone is 2. The number of unbranched alkanes of at least 4 members (excludes halogenated alkanes) is 3. The Hall–Kier alpha value is -3.30. The molecule has 0 unspecified atom stereocenters. The third-order valence-electron chi connectivity index (χ3n) is 3.99. The van der Waals surface area contributed by atoms with Gasteiger partial charge in [0.15, 0.2) is 0 Å². The first-order chi connectivity index (χ1) is 15.1.